The molecule has 0 bridgehead atoms. The quantitative estimate of drug-likeness (QED) is 0.823. The lowest BCUT2D eigenvalue weighted by atomic mass is 9.72. The van der Waals surface area contributed by atoms with Crippen LogP contribution in [0, 0.1) is 0 Å². The minimum Gasteiger partial charge on any atom is -0.385 e. The van der Waals surface area contributed by atoms with Gasteiger partial charge in [-0.15, -0.1) is 0 Å². The maximum Gasteiger partial charge on any atom is 0.156 e. The van der Waals surface area contributed by atoms with Crippen LogP contribution in [0.15, 0.2) is 42.1 Å². The molecule has 0 aliphatic heterocycles. The number of H-pyrrole nitrogens is 1. The molecule has 0 fully saturated rings. The molecule has 2 N–H and O–H groups in total. The van der Waals surface area contributed by atoms with Crippen LogP contribution in [0.4, 0.5) is 0 Å². The highest BCUT2D eigenvalue weighted by Crippen LogP contribution is 2.42. The summed E-state index contributed by atoms with van der Waals surface area (Å²) in [5.74, 6) is -0.111. The van der Waals surface area contributed by atoms with Crippen molar-refractivity contribution in [2.75, 3.05) is 0 Å². The lowest BCUT2D eigenvalue weighted by Gasteiger charge is -2.36. The number of para-hydroxylation sites is 1. The van der Waals surface area contributed by atoms with Gasteiger partial charge in [0.25, 0.3) is 0 Å². The van der Waals surface area contributed by atoms with E-state index in [0.717, 1.165) is 22.0 Å². The Morgan fingerprint density at radius 1 is 1.37 bits per heavy atom. The number of aliphatic hydroxyl groups is 1. The van der Waals surface area contributed by atoms with Crippen LogP contribution in [0.5, 0.6) is 0 Å². The van der Waals surface area contributed by atoms with Gasteiger partial charge in [0.15, 0.2) is 5.78 Å². The first-order valence-electron chi connectivity index (χ1n) is 6.50. The van der Waals surface area contributed by atoms with Gasteiger partial charge >= 0.3 is 0 Å². The standard InChI is InChI=1S/C16H17NO2/c1-10-7-11(18)8-14(16(10,2)19)13-9-17-15-6-4-3-5-12(13)15/h3-7,9,14,17,19H,8H2,1-2H3/t14-,16-/m1/s1. The normalized spacial score (nSPS) is 27.6. The Morgan fingerprint density at radius 2 is 2.11 bits per heavy atom. The highest BCUT2D eigenvalue weighted by Gasteiger charge is 2.40. The largest absolute Gasteiger partial charge is 0.385 e. The van der Waals surface area contributed by atoms with E-state index in [1.807, 2.05) is 37.4 Å². The number of benzene rings is 1. The Bertz CT molecular complexity index is 679. The second kappa shape index (κ2) is 4.07. The Hall–Kier alpha value is -1.87. The van der Waals surface area contributed by atoms with Gasteiger partial charge in [-0.3, -0.25) is 4.79 Å². The van der Waals surface area contributed by atoms with Crippen LogP contribution in [-0.2, 0) is 4.79 Å². The van der Waals surface area contributed by atoms with Crippen molar-refractivity contribution >= 4 is 16.7 Å². The van der Waals surface area contributed by atoms with Gasteiger partial charge in [-0.05, 0) is 37.1 Å². The van der Waals surface area contributed by atoms with E-state index >= 15 is 0 Å². The van der Waals surface area contributed by atoms with E-state index in [4.69, 9.17) is 0 Å². The highest BCUT2D eigenvalue weighted by molar-refractivity contribution is 5.94. The number of carbonyl (C=O) groups excluding carboxylic acids is 1. The van der Waals surface area contributed by atoms with Crippen molar-refractivity contribution in [3.8, 4) is 0 Å². The molecule has 1 heterocycles. The predicted molar refractivity (Wildman–Crippen MR) is 75.0 cm³/mol. The smallest absolute Gasteiger partial charge is 0.156 e. The summed E-state index contributed by atoms with van der Waals surface area (Å²) in [5, 5.41) is 11.8. The van der Waals surface area contributed by atoms with Gasteiger partial charge < -0.3 is 10.1 Å². The minimum atomic E-state index is -0.973. The fourth-order valence-electron chi connectivity index (χ4n) is 2.92. The van der Waals surface area contributed by atoms with Gasteiger partial charge in [-0.2, -0.15) is 0 Å². The first-order valence-corrected chi connectivity index (χ1v) is 6.50. The lowest BCUT2D eigenvalue weighted by Crippen LogP contribution is -2.38. The first kappa shape index (κ1) is 12.2. The molecule has 0 saturated carbocycles. The lowest BCUT2D eigenvalue weighted by molar-refractivity contribution is -0.117. The summed E-state index contributed by atoms with van der Waals surface area (Å²) < 4.78 is 0. The minimum absolute atomic E-state index is 0.0827. The summed E-state index contributed by atoms with van der Waals surface area (Å²) in [6.07, 6.45) is 3.83. The van der Waals surface area contributed by atoms with E-state index in [9.17, 15) is 9.90 Å². The molecule has 0 unspecified atom stereocenters. The molecule has 1 aromatic heterocycles. The molecule has 2 aromatic rings. The first-order chi connectivity index (χ1) is 9.00. The topological polar surface area (TPSA) is 53.1 Å². The molecule has 98 valence electrons. The fraction of sp³-hybridized carbons (Fsp3) is 0.312. The van der Waals surface area contributed by atoms with Crippen LogP contribution in [0.2, 0.25) is 0 Å². The third-order valence-electron chi connectivity index (χ3n) is 4.26. The Morgan fingerprint density at radius 3 is 2.89 bits per heavy atom. The second-order valence-electron chi connectivity index (χ2n) is 5.49. The number of carbonyl (C=O) groups is 1. The Labute approximate surface area is 112 Å². The van der Waals surface area contributed by atoms with Gasteiger partial charge in [0.2, 0.25) is 0 Å². The van der Waals surface area contributed by atoms with E-state index < -0.39 is 5.60 Å². The van der Waals surface area contributed by atoms with Gasteiger partial charge in [-0.25, -0.2) is 0 Å². The van der Waals surface area contributed by atoms with Crippen LogP contribution in [0.1, 0.15) is 31.7 Å². The summed E-state index contributed by atoms with van der Waals surface area (Å²) in [6.45, 7) is 3.61. The van der Waals surface area contributed by atoms with E-state index in [2.05, 4.69) is 4.98 Å². The molecule has 3 nitrogen and oxygen atoms in total. The van der Waals surface area contributed by atoms with Gasteiger partial charge in [0.1, 0.15) is 0 Å². The van der Waals surface area contributed by atoms with Crippen molar-refractivity contribution < 1.29 is 9.90 Å². The zero-order chi connectivity index (χ0) is 13.6. The number of nitrogens with one attached hydrogen (secondary N) is 1. The molecule has 1 aliphatic carbocycles. The maximum atomic E-state index is 11.8. The van der Waals surface area contributed by atoms with Gasteiger partial charge in [0, 0.05) is 29.4 Å². The molecule has 19 heavy (non-hydrogen) atoms. The number of allylic oxidation sites excluding steroid dienone is 1. The molecule has 3 heteroatoms. The summed E-state index contributed by atoms with van der Waals surface area (Å²) in [7, 11) is 0. The molecule has 1 aliphatic rings. The summed E-state index contributed by atoms with van der Waals surface area (Å²) in [4.78, 5) is 15.0. The van der Waals surface area contributed by atoms with E-state index in [1.165, 1.54) is 0 Å². The number of rotatable bonds is 1. The number of hydrogen-bond donors (Lipinski definition) is 2. The molecular formula is C16H17NO2. The molecule has 0 radical (unpaired) electrons. The fourth-order valence-corrected chi connectivity index (χ4v) is 2.92. The van der Waals surface area contributed by atoms with Crippen LogP contribution in [0.3, 0.4) is 0 Å². The molecule has 0 amide bonds. The molecular weight excluding hydrogens is 238 g/mol. The molecule has 3 rings (SSSR count). The van der Waals surface area contributed by atoms with Crippen molar-refractivity contribution in [2.24, 2.45) is 0 Å². The zero-order valence-corrected chi connectivity index (χ0v) is 11.1. The number of aromatic nitrogens is 1. The molecule has 1 aromatic carbocycles. The van der Waals surface area contributed by atoms with Crippen molar-refractivity contribution in [3.05, 3.63) is 47.7 Å². The van der Waals surface area contributed by atoms with Crippen LogP contribution in [0.25, 0.3) is 10.9 Å². The van der Waals surface area contributed by atoms with Crippen molar-refractivity contribution in [3.63, 3.8) is 0 Å². The molecule has 0 spiro atoms. The van der Waals surface area contributed by atoms with E-state index in [1.54, 1.807) is 13.0 Å². The third kappa shape index (κ3) is 1.81. The average Bonchev–Trinajstić information content (AvgIpc) is 2.78. The number of aromatic amines is 1. The SMILES string of the molecule is CC1=CC(=O)C[C@H](c2c[nH]c3ccccc23)[C@]1(C)O. The van der Waals surface area contributed by atoms with Gasteiger partial charge in [0.05, 0.1) is 5.60 Å². The summed E-state index contributed by atoms with van der Waals surface area (Å²) in [6, 6.07) is 7.97. The van der Waals surface area contributed by atoms with Gasteiger partial charge in [-0.1, -0.05) is 18.2 Å². The predicted octanol–water partition coefficient (Wildman–Crippen LogP) is 2.92. The number of fused-ring (bicyclic) bond motifs is 1. The van der Waals surface area contributed by atoms with Crippen LogP contribution in [-0.4, -0.2) is 21.5 Å². The zero-order valence-electron chi connectivity index (χ0n) is 11.1. The maximum absolute atomic E-state index is 11.8. The Kier molecular flexibility index (Phi) is 2.61. The van der Waals surface area contributed by atoms with E-state index in [-0.39, 0.29) is 11.7 Å². The molecule has 2 atom stereocenters. The van der Waals surface area contributed by atoms with Crippen molar-refractivity contribution in [1.29, 1.82) is 0 Å². The third-order valence-corrected chi connectivity index (χ3v) is 4.26. The summed E-state index contributed by atoms with van der Waals surface area (Å²) in [5.41, 5.74) is 1.81. The Balaban J connectivity index is 2.16. The van der Waals surface area contributed by atoms with Crippen molar-refractivity contribution in [2.45, 2.75) is 31.8 Å². The van der Waals surface area contributed by atoms with E-state index in [0.29, 0.717) is 6.42 Å². The molecule has 0 saturated heterocycles. The van der Waals surface area contributed by atoms with Crippen LogP contribution < -0.4 is 0 Å². The monoisotopic (exact) mass is 255 g/mol. The number of hydrogen-bond acceptors (Lipinski definition) is 2. The average molecular weight is 255 g/mol. The highest BCUT2D eigenvalue weighted by atomic mass is 16.3. The number of ketones is 1. The van der Waals surface area contributed by atoms with Crippen molar-refractivity contribution in [1.82, 2.24) is 4.98 Å². The van der Waals surface area contributed by atoms with Crippen LogP contribution >= 0.6 is 0 Å². The summed E-state index contributed by atoms with van der Waals surface area (Å²) >= 11 is 0. The second-order valence-corrected chi connectivity index (χ2v) is 5.49.